The lowest BCUT2D eigenvalue weighted by Gasteiger charge is -2.26. The summed E-state index contributed by atoms with van der Waals surface area (Å²) in [5, 5.41) is 10.5. The highest BCUT2D eigenvalue weighted by molar-refractivity contribution is 7.99. The van der Waals surface area contributed by atoms with Crippen LogP contribution >= 0.6 is 23.1 Å². The molecule has 36 heavy (non-hydrogen) atoms. The number of thioether (sulfide) groups is 1. The molecular formula is C26H32N4O4S2. The molecule has 0 radical (unpaired) electrons. The third-order valence-corrected chi connectivity index (χ3v) is 8.55. The maximum atomic E-state index is 14.1. The first-order valence-corrected chi connectivity index (χ1v) is 14.2. The first-order valence-electron chi connectivity index (χ1n) is 12.4. The highest BCUT2D eigenvalue weighted by atomic mass is 32.2. The normalized spacial score (nSPS) is 16.0. The molecule has 5 rings (SSSR count). The molecule has 10 heteroatoms. The van der Waals surface area contributed by atoms with Crippen molar-refractivity contribution in [2.45, 2.75) is 65.2 Å². The molecule has 1 aliphatic heterocycles. The largest absolute Gasteiger partial charge is 0.372 e. The predicted molar refractivity (Wildman–Crippen MR) is 144 cm³/mol. The van der Waals surface area contributed by atoms with Crippen LogP contribution in [0, 0.1) is 12.8 Å². The quantitative estimate of drug-likeness (QED) is 0.224. The van der Waals surface area contributed by atoms with E-state index in [1.54, 1.807) is 15.9 Å². The Hall–Kier alpha value is -2.24. The van der Waals surface area contributed by atoms with Crippen molar-refractivity contribution in [3.63, 3.8) is 0 Å². The van der Waals surface area contributed by atoms with Gasteiger partial charge in [0.2, 0.25) is 5.78 Å². The lowest BCUT2D eigenvalue weighted by atomic mass is 9.96. The Kier molecular flexibility index (Phi) is 7.50. The summed E-state index contributed by atoms with van der Waals surface area (Å²) in [6, 6.07) is 7.94. The predicted octanol–water partition coefficient (Wildman–Crippen LogP) is 4.99. The van der Waals surface area contributed by atoms with Crippen LogP contribution in [0.25, 0.3) is 21.7 Å². The average Bonchev–Trinajstić information content (AvgIpc) is 3.44. The van der Waals surface area contributed by atoms with Crippen LogP contribution in [0.15, 0.2) is 34.2 Å². The van der Waals surface area contributed by atoms with E-state index in [4.69, 9.17) is 14.2 Å². The molecular weight excluding hydrogens is 496 g/mol. The fraction of sp³-hybridized carbons (Fsp3) is 0.500. The fourth-order valence-corrected chi connectivity index (χ4v) is 6.80. The van der Waals surface area contributed by atoms with E-state index in [1.807, 2.05) is 49.4 Å². The monoisotopic (exact) mass is 528 g/mol. The standard InChI is InChI=1S/C26H32N4O4S2/c1-6-32-21(33-7-2)14-35-26-28-27-25-29(17-10-8-9-16(5)11-17)23(31)22-18-12-19(15(3)4)34-13-20(18)36-24(22)30(25)26/h8-11,15,19,21H,6-7,12-14H2,1-5H3. The number of rotatable bonds is 9. The molecule has 0 aliphatic carbocycles. The maximum Gasteiger partial charge on any atom is 0.268 e. The van der Waals surface area contributed by atoms with Crippen molar-refractivity contribution >= 4 is 39.1 Å². The highest BCUT2D eigenvalue weighted by Gasteiger charge is 2.30. The molecule has 192 valence electrons. The summed E-state index contributed by atoms with van der Waals surface area (Å²) in [5.74, 6) is 1.44. The molecule has 0 N–H and O–H groups in total. The number of nitrogens with zero attached hydrogens (tertiary/aromatic N) is 4. The number of hydrogen-bond acceptors (Lipinski definition) is 8. The zero-order valence-corrected chi connectivity index (χ0v) is 22.9. The summed E-state index contributed by atoms with van der Waals surface area (Å²) in [6.45, 7) is 11.9. The van der Waals surface area contributed by atoms with Crippen LogP contribution in [0.3, 0.4) is 0 Å². The zero-order chi connectivity index (χ0) is 25.4. The number of thiophene rings is 1. The van der Waals surface area contributed by atoms with Crippen molar-refractivity contribution in [3.8, 4) is 5.69 Å². The number of aromatic nitrogens is 4. The summed E-state index contributed by atoms with van der Waals surface area (Å²) in [7, 11) is 0. The van der Waals surface area contributed by atoms with E-state index >= 15 is 0 Å². The van der Waals surface area contributed by atoms with Crippen molar-refractivity contribution in [1.82, 2.24) is 19.2 Å². The van der Waals surface area contributed by atoms with E-state index in [0.29, 0.717) is 42.4 Å². The van der Waals surface area contributed by atoms with Gasteiger partial charge < -0.3 is 14.2 Å². The van der Waals surface area contributed by atoms with Crippen LogP contribution in [0.4, 0.5) is 0 Å². The molecule has 1 unspecified atom stereocenters. The highest BCUT2D eigenvalue weighted by Crippen LogP contribution is 2.37. The number of benzene rings is 1. The lowest BCUT2D eigenvalue weighted by Crippen LogP contribution is -2.28. The molecule has 0 fully saturated rings. The van der Waals surface area contributed by atoms with E-state index in [9.17, 15) is 4.79 Å². The van der Waals surface area contributed by atoms with Gasteiger partial charge in [0.25, 0.3) is 5.56 Å². The number of hydrogen-bond donors (Lipinski definition) is 0. The van der Waals surface area contributed by atoms with Gasteiger partial charge in [0.1, 0.15) is 4.83 Å². The van der Waals surface area contributed by atoms with Crippen molar-refractivity contribution in [2.75, 3.05) is 19.0 Å². The minimum Gasteiger partial charge on any atom is -0.372 e. The molecule has 0 saturated carbocycles. The summed E-state index contributed by atoms with van der Waals surface area (Å²) >= 11 is 3.13. The first kappa shape index (κ1) is 25.4. The molecule has 0 saturated heterocycles. The third-order valence-electron chi connectivity index (χ3n) is 6.40. The second kappa shape index (κ2) is 10.6. The second-order valence-electron chi connectivity index (χ2n) is 9.23. The lowest BCUT2D eigenvalue weighted by molar-refractivity contribution is -0.120. The molecule has 0 amide bonds. The molecule has 4 heterocycles. The smallest absolute Gasteiger partial charge is 0.268 e. The van der Waals surface area contributed by atoms with Gasteiger partial charge >= 0.3 is 0 Å². The van der Waals surface area contributed by atoms with Crippen molar-refractivity contribution in [3.05, 3.63) is 50.6 Å². The van der Waals surface area contributed by atoms with Crippen molar-refractivity contribution in [1.29, 1.82) is 0 Å². The summed E-state index contributed by atoms with van der Waals surface area (Å²) in [5.41, 5.74) is 2.89. The van der Waals surface area contributed by atoms with Crippen LogP contribution in [0.2, 0.25) is 0 Å². The number of ether oxygens (including phenoxy) is 3. The van der Waals surface area contributed by atoms with Crippen LogP contribution in [0.1, 0.15) is 43.7 Å². The van der Waals surface area contributed by atoms with Gasteiger partial charge in [0, 0.05) is 24.5 Å². The molecule has 4 aromatic rings. The van der Waals surface area contributed by atoms with E-state index < -0.39 is 0 Å². The van der Waals surface area contributed by atoms with Crippen LogP contribution in [0.5, 0.6) is 0 Å². The molecule has 0 bridgehead atoms. The Morgan fingerprint density at radius 3 is 2.69 bits per heavy atom. The molecule has 1 aromatic carbocycles. The first-order chi connectivity index (χ1) is 17.4. The Balaban J connectivity index is 1.72. The van der Waals surface area contributed by atoms with Crippen LogP contribution in [-0.2, 0) is 27.2 Å². The van der Waals surface area contributed by atoms with Gasteiger partial charge in [-0.2, -0.15) is 0 Å². The maximum absolute atomic E-state index is 14.1. The summed E-state index contributed by atoms with van der Waals surface area (Å²) in [4.78, 5) is 16.1. The molecule has 8 nitrogen and oxygen atoms in total. The van der Waals surface area contributed by atoms with E-state index in [1.165, 1.54) is 11.8 Å². The summed E-state index contributed by atoms with van der Waals surface area (Å²) < 4.78 is 21.3. The Morgan fingerprint density at radius 2 is 2.00 bits per heavy atom. The Bertz CT molecular complexity index is 1440. The molecule has 3 aromatic heterocycles. The van der Waals surface area contributed by atoms with E-state index in [0.717, 1.165) is 38.3 Å². The van der Waals surface area contributed by atoms with Gasteiger partial charge in [-0.25, -0.2) is 8.97 Å². The Morgan fingerprint density at radius 1 is 1.22 bits per heavy atom. The number of fused-ring (bicyclic) bond motifs is 5. The van der Waals surface area contributed by atoms with Gasteiger partial charge in [-0.1, -0.05) is 37.7 Å². The van der Waals surface area contributed by atoms with E-state index in [2.05, 4.69) is 24.0 Å². The Labute approximate surface area is 218 Å². The minimum absolute atomic E-state index is 0.0598. The van der Waals surface area contributed by atoms with Gasteiger partial charge in [-0.05, 0) is 49.9 Å². The third kappa shape index (κ3) is 4.61. The van der Waals surface area contributed by atoms with Crippen LogP contribution < -0.4 is 5.56 Å². The molecule has 1 aliphatic rings. The average molecular weight is 529 g/mol. The topological polar surface area (TPSA) is 79.9 Å². The second-order valence-corrected chi connectivity index (χ2v) is 11.3. The minimum atomic E-state index is -0.340. The molecule has 1 atom stereocenters. The van der Waals surface area contributed by atoms with E-state index in [-0.39, 0.29) is 18.0 Å². The van der Waals surface area contributed by atoms with Gasteiger partial charge in [0.15, 0.2) is 11.4 Å². The molecule has 0 spiro atoms. The summed E-state index contributed by atoms with van der Waals surface area (Å²) in [6.07, 6.45) is 0.473. The number of aryl methyl sites for hydroxylation is 1. The van der Waals surface area contributed by atoms with Crippen LogP contribution in [-0.4, -0.2) is 50.5 Å². The van der Waals surface area contributed by atoms with Gasteiger partial charge in [-0.15, -0.1) is 21.5 Å². The van der Waals surface area contributed by atoms with Crippen molar-refractivity contribution in [2.24, 2.45) is 5.92 Å². The fourth-order valence-electron chi connectivity index (χ4n) is 4.62. The van der Waals surface area contributed by atoms with Gasteiger partial charge in [-0.3, -0.25) is 4.79 Å². The zero-order valence-electron chi connectivity index (χ0n) is 21.3. The van der Waals surface area contributed by atoms with Crippen molar-refractivity contribution < 1.29 is 14.2 Å². The van der Waals surface area contributed by atoms with Gasteiger partial charge in [0.05, 0.1) is 29.5 Å². The SMILES string of the molecule is CCOC(CSc1nnc2n(-c3cccc(C)c3)c(=O)c3c4c(sc3n12)COC(C(C)C)C4)OCC.